The lowest BCUT2D eigenvalue weighted by atomic mass is 10.1. The molecule has 0 aliphatic rings. The van der Waals surface area contributed by atoms with E-state index in [1.54, 1.807) is 0 Å². The quantitative estimate of drug-likeness (QED) is 0.627. The number of thiocyanates is 2. The number of nitriles is 2. The predicted molar refractivity (Wildman–Crippen MR) is 81.6 cm³/mol. The van der Waals surface area contributed by atoms with E-state index in [1.807, 2.05) is 0 Å². The molecule has 0 atom stereocenters. The van der Waals surface area contributed by atoms with Gasteiger partial charge in [0.1, 0.15) is 0 Å². The van der Waals surface area contributed by atoms with E-state index in [0.717, 1.165) is 6.42 Å². The molecule has 0 heterocycles. The van der Waals surface area contributed by atoms with Gasteiger partial charge in [0, 0.05) is 0 Å². The van der Waals surface area contributed by atoms with Crippen molar-refractivity contribution in [1.29, 1.82) is 10.5 Å². The molecular weight excluding hydrogens is 272 g/mol. The lowest BCUT2D eigenvalue weighted by Gasteiger charge is -2.00. The van der Waals surface area contributed by atoms with Gasteiger partial charge in [0.2, 0.25) is 0 Å². The number of hydrogen-bond acceptors (Lipinski definition) is 4. The van der Waals surface area contributed by atoms with Crippen molar-refractivity contribution in [3.63, 3.8) is 0 Å². The first kappa shape index (κ1) is 16.9. The first-order chi connectivity index (χ1) is 9.28. The minimum absolute atomic E-state index is 1.03. The van der Waals surface area contributed by atoms with Gasteiger partial charge in [0.15, 0.2) is 0 Å². The van der Waals surface area contributed by atoms with Crippen molar-refractivity contribution in [3.8, 4) is 10.8 Å². The number of benzene rings is 2. The molecule has 2 aromatic rings. The summed E-state index contributed by atoms with van der Waals surface area (Å²) in [7, 11) is 0. The molecule has 0 radical (unpaired) electrons. The Morgan fingerprint density at radius 3 is 1.21 bits per heavy atom. The van der Waals surface area contributed by atoms with E-state index in [9.17, 15) is 0 Å². The zero-order valence-electron chi connectivity index (χ0n) is 10.2. The fraction of sp³-hybridized carbons (Fsp3) is 0.0667. The van der Waals surface area contributed by atoms with Crippen LogP contribution in [0.15, 0.2) is 60.7 Å². The maximum Gasteiger partial charge on any atom is -0.00258 e. The highest BCUT2D eigenvalue weighted by Gasteiger charge is 1.92. The van der Waals surface area contributed by atoms with Gasteiger partial charge in [-0.25, -0.2) is 10.5 Å². The van der Waals surface area contributed by atoms with E-state index in [0.29, 0.717) is 0 Å². The van der Waals surface area contributed by atoms with E-state index in [-0.39, 0.29) is 0 Å². The molecule has 0 aliphatic heterocycles. The van der Waals surface area contributed by atoms with Gasteiger partial charge < -0.3 is 25.3 Å². The number of nitrogens with zero attached hydrogens (tertiary/aromatic N) is 2. The van der Waals surface area contributed by atoms with Crippen molar-refractivity contribution in [3.05, 3.63) is 71.8 Å². The lowest BCUT2D eigenvalue weighted by molar-refractivity contribution is 1.19. The van der Waals surface area contributed by atoms with Gasteiger partial charge in [-0.05, 0) is 17.5 Å². The largest absolute Gasteiger partial charge is 0.696 e. The topological polar surface area (TPSA) is 47.6 Å². The second-order valence-corrected chi connectivity index (χ2v) is 3.70. The molecule has 19 heavy (non-hydrogen) atoms. The van der Waals surface area contributed by atoms with E-state index in [1.165, 1.54) is 21.9 Å². The average Bonchev–Trinajstić information content (AvgIpc) is 2.43. The molecule has 2 nitrogen and oxygen atoms in total. The van der Waals surface area contributed by atoms with Crippen molar-refractivity contribution in [2.24, 2.45) is 0 Å². The average molecular weight is 284 g/mol. The molecule has 0 fully saturated rings. The molecule has 0 N–H and O–H groups in total. The summed E-state index contributed by atoms with van der Waals surface area (Å²) in [5.74, 6) is 0. The molecule has 2 aromatic carbocycles. The fourth-order valence-corrected chi connectivity index (χ4v) is 1.43. The Morgan fingerprint density at radius 1 is 0.684 bits per heavy atom. The van der Waals surface area contributed by atoms with Crippen LogP contribution >= 0.6 is 0 Å². The van der Waals surface area contributed by atoms with Crippen LogP contribution in [0.25, 0.3) is 0 Å². The highest BCUT2D eigenvalue weighted by Crippen LogP contribution is 2.07. The lowest BCUT2D eigenvalue weighted by Crippen LogP contribution is -1.85. The van der Waals surface area contributed by atoms with Crippen LogP contribution in [-0.4, -0.2) is 0 Å². The third-order valence-electron chi connectivity index (χ3n) is 2.09. The Kier molecular flexibility index (Phi) is 10.9. The van der Waals surface area contributed by atoms with Crippen LogP contribution in [0.5, 0.6) is 0 Å². The van der Waals surface area contributed by atoms with Gasteiger partial charge in [0.25, 0.3) is 0 Å². The Labute approximate surface area is 125 Å². The van der Waals surface area contributed by atoms with Crippen LogP contribution in [0.3, 0.4) is 0 Å². The summed E-state index contributed by atoms with van der Waals surface area (Å²) in [6, 6.07) is 21.1. The summed E-state index contributed by atoms with van der Waals surface area (Å²) in [5.41, 5.74) is 2.74. The van der Waals surface area contributed by atoms with Crippen molar-refractivity contribution in [2.75, 3.05) is 0 Å². The smallest absolute Gasteiger partial charge is 0.00258 e. The summed E-state index contributed by atoms with van der Waals surface area (Å²) >= 11 is 7.40. The minimum atomic E-state index is 1.03. The Morgan fingerprint density at radius 2 is 0.947 bits per heavy atom. The molecule has 0 aliphatic carbocycles. The third-order valence-corrected chi connectivity index (χ3v) is 2.09. The summed E-state index contributed by atoms with van der Waals surface area (Å²) in [6.07, 6.45) is 1.03. The highest BCUT2D eigenvalue weighted by atomic mass is 32.1. The maximum absolute atomic E-state index is 7.13. The molecule has 0 saturated carbocycles. The summed E-state index contributed by atoms with van der Waals surface area (Å²) in [5, 5.41) is 16.9. The normalized spacial score (nSPS) is 7.47. The monoisotopic (exact) mass is 284 g/mol. The molecule has 0 bridgehead atoms. The summed E-state index contributed by atoms with van der Waals surface area (Å²) in [6.45, 7) is 0. The van der Waals surface area contributed by atoms with Crippen molar-refractivity contribution in [2.45, 2.75) is 6.42 Å². The van der Waals surface area contributed by atoms with E-state index in [2.05, 4.69) is 85.9 Å². The molecule has 4 heteroatoms. The summed E-state index contributed by atoms with van der Waals surface area (Å²) in [4.78, 5) is 0. The van der Waals surface area contributed by atoms with Crippen LogP contribution in [-0.2, 0) is 31.7 Å². The third kappa shape index (κ3) is 9.55. The predicted octanol–water partition coefficient (Wildman–Crippen LogP) is 3.31. The second kappa shape index (κ2) is 12.3. The van der Waals surface area contributed by atoms with E-state index in [4.69, 9.17) is 10.5 Å². The molecule has 0 spiro atoms. The van der Waals surface area contributed by atoms with Crippen molar-refractivity contribution < 1.29 is 0 Å². The highest BCUT2D eigenvalue weighted by molar-refractivity contribution is 7.64. The molecule has 2 rings (SSSR count). The van der Waals surface area contributed by atoms with Crippen molar-refractivity contribution in [1.82, 2.24) is 0 Å². The first-order valence-corrected chi connectivity index (χ1v) is 6.20. The van der Waals surface area contributed by atoms with Crippen LogP contribution in [0.1, 0.15) is 11.1 Å². The van der Waals surface area contributed by atoms with Crippen LogP contribution < -0.4 is 0 Å². The van der Waals surface area contributed by atoms with Gasteiger partial charge in [-0.2, -0.15) is 0 Å². The SMILES string of the molecule is N#C[S-].N#C[S-].c1ccc(Cc2ccccc2)cc1. The number of hydrogen-bond donors (Lipinski definition) is 0. The van der Waals surface area contributed by atoms with Gasteiger partial charge in [0.05, 0.1) is 0 Å². The molecule has 96 valence electrons. The van der Waals surface area contributed by atoms with Crippen LogP contribution in [0.4, 0.5) is 0 Å². The van der Waals surface area contributed by atoms with E-state index < -0.39 is 0 Å². The van der Waals surface area contributed by atoms with Gasteiger partial charge in [-0.3, -0.25) is 0 Å². The fourth-order valence-electron chi connectivity index (χ4n) is 1.43. The number of rotatable bonds is 2. The van der Waals surface area contributed by atoms with Gasteiger partial charge in [-0.1, -0.05) is 71.5 Å². The molecule has 0 aromatic heterocycles. The molecular formula is C15H12N2S2-2. The maximum atomic E-state index is 7.13. The Bertz CT molecular complexity index is 464. The van der Waals surface area contributed by atoms with Gasteiger partial charge >= 0.3 is 0 Å². The van der Waals surface area contributed by atoms with E-state index >= 15 is 0 Å². The van der Waals surface area contributed by atoms with Crippen LogP contribution in [0, 0.1) is 21.3 Å². The molecule has 0 unspecified atom stereocenters. The zero-order valence-corrected chi connectivity index (χ0v) is 11.8. The van der Waals surface area contributed by atoms with Crippen LogP contribution in [0.2, 0.25) is 0 Å². The Balaban J connectivity index is 0.000000465. The van der Waals surface area contributed by atoms with Crippen molar-refractivity contribution >= 4 is 25.3 Å². The molecule has 0 amide bonds. The summed E-state index contributed by atoms with van der Waals surface area (Å²) < 4.78 is 0. The standard InChI is InChI=1S/C13H12.2CHNS/c1-3-7-12(8-4-1)11-13-9-5-2-6-10-13;2*2-1-3/h1-10H,11H2;2*3H/p-2. The Hall–Kier alpha value is -2.14. The van der Waals surface area contributed by atoms with Gasteiger partial charge in [-0.15, -0.1) is 0 Å². The zero-order chi connectivity index (χ0) is 14.3. The first-order valence-electron chi connectivity index (χ1n) is 5.38. The second-order valence-electron chi connectivity index (χ2n) is 3.33. The molecule has 0 saturated heterocycles. The minimum Gasteiger partial charge on any atom is -0.696 e.